The summed E-state index contributed by atoms with van der Waals surface area (Å²) in [6.45, 7) is 2.59. The maximum Gasteiger partial charge on any atom is 0.282 e. The Balaban J connectivity index is 1.88. The molecule has 1 aliphatic rings. The lowest BCUT2D eigenvalue weighted by molar-refractivity contribution is -0.117. The first-order chi connectivity index (χ1) is 13.0. The van der Waals surface area contributed by atoms with Crippen LogP contribution in [0.4, 0.5) is 5.69 Å². The lowest BCUT2D eigenvalue weighted by Crippen LogP contribution is -2.35. The Morgan fingerprint density at radius 1 is 1.15 bits per heavy atom. The number of hydrazine groups is 1. The van der Waals surface area contributed by atoms with Crippen LogP contribution in [0.25, 0.3) is 6.08 Å². The Bertz CT molecular complexity index is 911. The van der Waals surface area contributed by atoms with Gasteiger partial charge in [0.15, 0.2) is 11.5 Å². The quantitative estimate of drug-likeness (QED) is 0.608. The molecular weight excluding hydrogens is 368 g/mol. The van der Waals surface area contributed by atoms with Crippen molar-refractivity contribution in [3.8, 4) is 11.5 Å². The summed E-state index contributed by atoms with van der Waals surface area (Å²) in [5.74, 6) is 0.220. The van der Waals surface area contributed by atoms with Gasteiger partial charge in [0, 0.05) is 5.02 Å². The molecule has 2 aromatic rings. The molecule has 6 nitrogen and oxygen atoms in total. The third-order valence-corrected chi connectivity index (χ3v) is 4.15. The smallest absolute Gasteiger partial charge is 0.282 e. The van der Waals surface area contributed by atoms with E-state index in [2.05, 4.69) is 5.43 Å². The molecule has 27 heavy (non-hydrogen) atoms. The number of anilines is 1. The number of methoxy groups -OCH3 is 1. The predicted octanol–water partition coefficient (Wildman–Crippen LogP) is 3.60. The van der Waals surface area contributed by atoms with Crippen molar-refractivity contribution in [2.75, 3.05) is 18.7 Å². The Kier molecular flexibility index (Phi) is 5.66. The number of benzene rings is 2. The van der Waals surface area contributed by atoms with Gasteiger partial charge in [-0.25, -0.2) is 5.01 Å². The van der Waals surface area contributed by atoms with E-state index in [-0.39, 0.29) is 5.57 Å². The first-order valence-electron chi connectivity index (χ1n) is 8.47. The van der Waals surface area contributed by atoms with Gasteiger partial charge in [-0.05, 0) is 48.4 Å². The number of hydrogen-bond acceptors (Lipinski definition) is 4. The summed E-state index contributed by atoms with van der Waals surface area (Å²) in [7, 11) is 1.54. The zero-order valence-corrected chi connectivity index (χ0v) is 15.7. The van der Waals surface area contributed by atoms with E-state index in [1.165, 1.54) is 11.1 Å². The average Bonchev–Trinajstić information content (AvgIpc) is 2.95. The van der Waals surface area contributed by atoms with Crippen molar-refractivity contribution in [2.24, 2.45) is 0 Å². The molecule has 0 atom stereocenters. The highest BCUT2D eigenvalue weighted by molar-refractivity contribution is 6.33. The second-order valence-electron chi connectivity index (χ2n) is 5.88. The Hall–Kier alpha value is -2.99. The third kappa shape index (κ3) is 4.06. The Labute approximate surface area is 162 Å². The van der Waals surface area contributed by atoms with Crippen molar-refractivity contribution in [1.29, 1.82) is 0 Å². The number of nitrogens with zero attached hydrogens (tertiary/aromatic N) is 1. The molecule has 0 spiro atoms. The van der Waals surface area contributed by atoms with E-state index in [0.717, 1.165) is 6.42 Å². The topological polar surface area (TPSA) is 67.9 Å². The molecule has 0 unspecified atom stereocenters. The van der Waals surface area contributed by atoms with Gasteiger partial charge in [0.05, 0.1) is 19.4 Å². The molecule has 0 radical (unpaired) electrons. The molecule has 0 bridgehead atoms. The molecular formula is C20H19ClN2O4. The lowest BCUT2D eigenvalue weighted by atomic mass is 10.1. The minimum absolute atomic E-state index is 0.0271. The molecule has 2 aromatic carbocycles. The summed E-state index contributed by atoms with van der Waals surface area (Å²) < 4.78 is 11.0. The molecule has 0 aliphatic carbocycles. The van der Waals surface area contributed by atoms with Crippen LogP contribution in [-0.4, -0.2) is 25.5 Å². The van der Waals surface area contributed by atoms with Gasteiger partial charge in [0.2, 0.25) is 0 Å². The fraction of sp³-hybridized carbons (Fsp3) is 0.200. The van der Waals surface area contributed by atoms with Gasteiger partial charge in [-0.1, -0.05) is 30.7 Å². The first kappa shape index (κ1) is 18.8. The van der Waals surface area contributed by atoms with Gasteiger partial charge in [0.25, 0.3) is 11.8 Å². The number of rotatable bonds is 6. The third-order valence-electron chi connectivity index (χ3n) is 3.92. The van der Waals surface area contributed by atoms with E-state index in [0.29, 0.717) is 34.4 Å². The standard InChI is InChI=1S/C20H19ClN2O4/c1-3-9-27-17-8-7-13(11-18(17)26-2)10-16-19(24)22-23(20(16)25)15-6-4-5-14(21)12-15/h4-8,10-12H,3,9H2,1-2H3,(H,22,24). The first-order valence-corrected chi connectivity index (χ1v) is 8.85. The largest absolute Gasteiger partial charge is 0.493 e. The molecule has 0 saturated carbocycles. The fourth-order valence-corrected chi connectivity index (χ4v) is 2.81. The van der Waals surface area contributed by atoms with Crippen LogP contribution in [0.2, 0.25) is 5.02 Å². The zero-order valence-electron chi connectivity index (χ0n) is 15.0. The Morgan fingerprint density at radius 2 is 1.96 bits per heavy atom. The van der Waals surface area contributed by atoms with Gasteiger partial charge in [-0.3, -0.25) is 15.0 Å². The number of nitrogens with one attached hydrogen (secondary N) is 1. The Morgan fingerprint density at radius 3 is 2.67 bits per heavy atom. The fourth-order valence-electron chi connectivity index (χ4n) is 2.63. The summed E-state index contributed by atoms with van der Waals surface area (Å²) in [5.41, 5.74) is 3.72. The molecule has 140 valence electrons. The van der Waals surface area contributed by atoms with E-state index in [1.807, 2.05) is 6.92 Å². The van der Waals surface area contributed by atoms with E-state index in [4.69, 9.17) is 21.1 Å². The van der Waals surface area contributed by atoms with Crippen molar-refractivity contribution in [3.05, 3.63) is 58.6 Å². The summed E-state index contributed by atoms with van der Waals surface area (Å²) in [6.07, 6.45) is 2.40. The summed E-state index contributed by atoms with van der Waals surface area (Å²) >= 11 is 5.97. The van der Waals surface area contributed by atoms with Gasteiger partial charge >= 0.3 is 0 Å². The monoisotopic (exact) mass is 386 g/mol. The minimum Gasteiger partial charge on any atom is -0.493 e. The molecule has 1 fully saturated rings. The van der Waals surface area contributed by atoms with Gasteiger partial charge < -0.3 is 9.47 Å². The summed E-state index contributed by atoms with van der Waals surface area (Å²) in [6, 6.07) is 11.9. The second-order valence-corrected chi connectivity index (χ2v) is 6.31. The molecule has 7 heteroatoms. The van der Waals surface area contributed by atoms with Crippen LogP contribution in [-0.2, 0) is 9.59 Å². The van der Waals surface area contributed by atoms with Crippen molar-refractivity contribution >= 4 is 35.2 Å². The van der Waals surface area contributed by atoms with E-state index in [9.17, 15) is 9.59 Å². The summed E-state index contributed by atoms with van der Waals surface area (Å²) in [5, 5.41) is 1.65. The van der Waals surface area contributed by atoms with Gasteiger partial charge in [-0.15, -0.1) is 0 Å². The normalized spacial score (nSPS) is 15.2. The number of carbonyl (C=O) groups excluding carboxylic acids is 2. The van der Waals surface area contributed by atoms with Crippen LogP contribution in [0.1, 0.15) is 18.9 Å². The molecule has 1 N–H and O–H groups in total. The van der Waals surface area contributed by atoms with Crippen molar-refractivity contribution in [1.82, 2.24) is 5.43 Å². The van der Waals surface area contributed by atoms with Gasteiger partial charge in [0.1, 0.15) is 5.57 Å². The molecule has 1 heterocycles. The predicted molar refractivity (Wildman–Crippen MR) is 104 cm³/mol. The number of hydrogen-bond donors (Lipinski definition) is 1. The van der Waals surface area contributed by atoms with Crippen molar-refractivity contribution in [2.45, 2.75) is 13.3 Å². The maximum absolute atomic E-state index is 12.7. The van der Waals surface area contributed by atoms with Crippen LogP contribution in [0, 0.1) is 0 Å². The van der Waals surface area contributed by atoms with Gasteiger partial charge in [-0.2, -0.15) is 0 Å². The maximum atomic E-state index is 12.7. The van der Waals surface area contributed by atoms with Crippen LogP contribution in [0.5, 0.6) is 11.5 Å². The van der Waals surface area contributed by atoms with E-state index >= 15 is 0 Å². The van der Waals surface area contributed by atoms with Crippen LogP contribution < -0.4 is 19.9 Å². The summed E-state index contributed by atoms with van der Waals surface area (Å²) in [4.78, 5) is 25.0. The lowest BCUT2D eigenvalue weighted by Gasteiger charge is -2.14. The second kappa shape index (κ2) is 8.14. The number of amides is 2. The molecule has 3 rings (SSSR count). The van der Waals surface area contributed by atoms with Crippen LogP contribution in [0.15, 0.2) is 48.0 Å². The zero-order chi connectivity index (χ0) is 19.4. The van der Waals surface area contributed by atoms with Crippen molar-refractivity contribution in [3.63, 3.8) is 0 Å². The van der Waals surface area contributed by atoms with Crippen molar-refractivity contribution < 1.29 is 19.1 Å². The number of carbonyl (C=O) groups is 2. The molecule has 2 amide bonds. The number of halogens is 1. The molecule has 0 aromatic heterocycles. The highest BCUT2D eigenvalue weighted by Gasteiger charge is 2.34. The number of ether oxygens (including phenoxy) is 2. The molecule has 1 saturated heterocycles. The van der Waals surface area contributed by atoms with Crippen LogP contribution in [0.3, 0.4) is 0 Å². The average molecular weight is 387 g/mol. The minimum atomic E-state index is -0.481. The highest BCUT2D eigenvalue weighted by Crippen LogP contribution is 2.30. The van der Waals surface area contributed by atoms with E-state index < -0.39 is 11.8 Å². The molecule has 1 aliphatic heterocycles. The van der Waals surface area contributed by atoms with Crippen LogP contribution >= 0.6 is 11.6 Å². The highest BCUT2D eigenvalue weighted by atomic mass is 35.5. The van der Waals surface area contributed by atoms with E-state index in [1.54, 1.807) is 49.6 Å². The SMILES string of the molecule is CCCOc1ccc(C=C2C(=O)NN(c3cccc(Cl)c3)C2=O)cc1OC.